The lowest BCUT2D eigenvalue weighted by Gasteiger charge is -2.10. The quantitative estimate of drug-likeness (QED) is 0.889. The Morgan fingerprint density at radius 3 is 2.36 bits per heavy atom. The third kappa shape index (κ3) is 4.09. The van der Waals surface area contributed by atoms with Crippen LogP contribution in [-0.4, -0.2) is 18.4 Å². The number of carbonyl (C=O) groups excluding carboxylic acids is 2. The van der Waals surface area contributed by atoms with Gasteiger partial charge in [0.05, 0.1) is 0 Å². The normalized spacial score (nSPS) is 10.1. The van der Waals surface area contributed by atoms with Crippen LogP contribution in [0.2, 0.25) is 0 Å². The Balaban J connectivity index is 1.91. The van der Waals surface area contributed by atoms with E-state index in [9.17, 15) is 9.59 Å². The zero-order valence-electron chi connectivity index (χ0n) is 12.6. The molecule has 0 unspecified atom stereocenters. The largest absolute Gasteiger partial charge is 0.484 e. The van der Waals surface area contributed by atoms with Crippen LogP contribution >= 0.6 is 0 Å². The first-order valence-corrected chi connectivity index (χ1v) is 6.85. The summed E-state index contributed by atoms with van der Waals surface area (Å²) in [7, 11) is 0. The van der Waals surface area contributed by atoms with Gasteiger partial charge in [0.1, 0.15) is 5.75 Å². The van der Waals surface area contributed by atoms with Gasteiger partial charge in [-0.2, -0.15) is 0 Å². The summed E-state index contributed by atoms with van der Waals surface area (Å²) < 4.78 is 5.37. The van der Waals surface area contributed by atoms with Crippen molar-refractivity contribution >= 4 is 17.5 Å². The first-order valence-electron chi connectivity index (χ1n) is 6.85. The van der Waals surface area contributed by atoms with Crippen molar-refractivity contribution in [3.63, 3.8) is 0 Å². The summed E-state index contributed by atoms with van der Waals surface area (Å²) in [5, 5.41) is 2.80. The average Bonchev–Trinajstić information content (AvgIpc) is 2.48. The van der Waals surface area contributed by atoms with Crippen molar-refractivity contribution in [1.29, 1.82) is 0 Å². The van der Waals surface area contributed by atoms with Crippen LogP contribution in [0.1, 0.15) is 21.5 Å². The summed E-state index contributed by atoms with van der Waals surface area (Å²) >= 11 is 0. The lowest BCUT2D eigenvalue weighted by atomic mass is 10.1. The van der Waals surface area contributed by atoms with Gasteiger partial charge in [-0.3, -0.25) is 9.59 Å². The second-order valence-electron chi connectivity index (χ2n) is 5.04. The van der Waals surface area contributed by atoms with E-state index in [1.807, 2.05) is 32.0 Å². The maximum absolute atomic E-state index is 11.9. The second-order valence-corrected chi connectivity index (χ2v) is 5.04. The predicted octanol–water partition coefficient (Wildman–Crippen LogP) is 2.42. The van der Waals surface area contributed by atoms with Crippen LogP contribution in [0.15, 0.2) is 42.5 Å². The van der Waals surface area contributed by atoms with Gasteiger partial charge in [0.15, 0.2) is 6.61 Å². The number of nitrogens with one attached hydrogen (secondary N) is 1. The van der Waals surface area contributed by atoms with Crippen LogP contribution in [0.5, 0.6) is 5.75 Å². The van der Waals surface area contributed by atoms with Crippen LogP contribution in [0, 0.1) is 13.8 Å². The fourth-order valence-corrected chi connectivity index (χ4v) is 2.00. The van der Waals surface area contributed by atoms with Crippen molar-refractivity contribution in [3.05, 3.63) is 59.2 Å². The van der Waals surface area contributed by atoms with E-state index in [0.717, 1.165) is 16.8 Å². The van der Waals surface area contributed by atoms with Gasteiger partial charge < -0.3 is 15.8 Å². The van der Waals surface area contributed by atoms with E-state index in [2.05, 4.69) is 5.32 Å². The van der Waals surface area contributed by atoms with Crippen molar-refractivity contribution in [3.8, 4) is 5.75 Å². The smallest absolute Gasteiger partial charge is 0.262 e. The average molecular weight is 298 g/mol. The van der Waals surface area contributed by atoms with Crippen molar-refractivity contribution in [1.82, 2.24) is 0 Å². The van der Waals surface area contributed by atoms with Gasteiger partial charge in [-0.25, -0.2) is 0 Å². The molecule has 0 aliphatic carbocycles. The third-order valence-corrected chi connectivity index (χ3v) is 3.16. The van der Waals surface area contributed by atoms with Gasteiger partial charge in [0, 0.05) is 11.3 Å². The summed E-state index contributed by atoms with van der Waals surface area (Å²) in [6, 6.07) is 12.1. The molecule has 2 rings (SSSR count). The Morgan fingerprint density at radius 2 is 1.77 bits per heavy atom. The minimum absolute atomic E-state index is 0.108. The minimum Gasteiger partial charge on any atom is -0.484 e. The zero-order valence-corrected chi connectivity index (χ0v) is 12.6. The Hall–Kier alpha value is -2.82. The van der Waals surface area contributed by atoms with E-state index < -0.39 is 5.91 Å². The molecule has 2 amide bonds. The molecule has 3 N–H and O–H groups in total. The highest BCUT2D eigenvalue weighted by atomic mass is 16.5. The summed E-state index contributed by atoms with van der Waals surface area (Å²) in [5.41, 5.74) is 8.45. The summed E-state index contributed by atoms with van der Waals surface area (Å²) in [6.07, 6.45) is 0. The number of rotatable bonds is 5. The fourth-order valence-electron chi connectivity index (χ4n) is 2.00. The molecule has 0 saturated heterocycles. The molecular weight excluding hydrogens is 280 g/mol. The van der Waals surface area contributed by atoms with E-state index in [4.69, 9.17) is 10.5 Å². The molecule has 5 heteroatoms. The first-order chi connectivity index (χ1) is 10.5. The van der Waals surface area contributed by atoms with E-state index in [1.165, 1.54) is 0 Å². The molecule has 0 aliphatic heterocycles. The van der Waals surface area contributed by atoms with Crippen LogP contribution in [-0.2, 0) is 4.79 Å². The van der Waals surface area contributed by atoms with Crippen LogP contribution in [0.4, 0.5) is 5.69 Å². The monoisotopic (exact) mass is 298 g/mol. The molecule has 0 fully saturated rings. The second kappa shape index (κ2) is 6.76. The van der Waals surface area contributed by atoms with Crippen molar-refractivity contribution < 1.29 is 14.3 Å². The molecule has 0 saturated carbocycles. The molecule has 0 heterocycles. The third-order valence-electron chi connectivity index (χ3n) is 3.16. The molecule has 22 heavy (non-hydrogen) atoms. The minimum atomic E-state index is -0.501. The number of ether oxygens (including phenoxy) is 1. The topological polar surface area (TPSA) is 81.4 Å². The number of amides is 2. The number of anilines is 1. The molecule has 0 radical (unpaired) electrons. The number of hydrogen-bond donors (Lipinski definition) is 2. The Kier molecular flexibility index (Phi) is 4.78. The highest BCUT2D eigenvalue weighted by molar-refractivity contribution is 5.93. The number of hydrogen-bond acceptors (Lipinski definition) is 3. The summed E-state index contributed by atoms with van der Waals surface area (Å²) in [5.74, 6) is -0.245. The van der Waals surface area contributed by atoms with Gasteiger partial charge in [-0.15, -0.1) is 0 Å². The Morgan fingerprint density at radius 1 is 1.09 bits per heavy atom. The molecule has 0 bridgehead atoms. The van der Waals surface area contributed by atoms with Crippen molar-refractivity contribution in [2.24, 2.45) is 5.73 Å². The first kappa shape index (κ1) is 15.6. The zero-order chi connectivity index (χ0) is 16.1. The number of carbonyl (C=O) groups is 2. The molecule has 114 valence electrons. The molecule has 0 spiro atoms. The molecule has 2 aromatic rings. The van der Waals surface area contributed by atoms with Crippen molar-refractivity contribution in [2.75, 3.05) is 11.9 Å². The number of nitrogens with two attached hydrogens (primary N) is 1. The maximum atomic E-state index is 11.9. The van der Waals surface area contributed by atoms with E-state index in [-0.39, 0.29) is 12.5 Å². The Labute approximate surface area is 129 Å². The van der Waals surface area contributed by atoms with E-state index >= 15 is 0 Å². The lowest BCUT2D eigenvalue weighted by Crippen LogP contribution is -2.20. The number of primary amides is 1. The number of benzene rings is 2. The molecule has 2 aromatic carbocycles. The van der Waals surface area contributed by atoms with Crippen LogP contribution < -0.4 is 15.8 Å². The summed E-state index contributed by atoms with van der Waals surface area (Å²) in [6.45, 7) is 3.83. The van der Waals surface area contributed by atoms with Gasteiger partial charge in [-0.05, 0) is 49.7 Å². The predicted molar refractivity (Wildman–Crippen MR) is 85.0 cm³/mol. The Bertz CT molecular complexity index is 694. The molecule has 5 nitrogen and oxygen atoms in total. The highest BCUT2D eigenvalue weighted by Gasteiger charge is 2.06. The van der Waals surface area contributed by atoms with Crippen molar-refractivity contribution in [2.45, 2.75) is 13.8 Å². The maximum Gasteiger partial charge on any atom is 0.262 e. The summed E-state index contributed by atoms with van der Waals surface area (Å²) in [4.78, 5) is 22.8. The van der Waals surface area contributed by atoms with Gasteiger partial charge in [-0.1, -0.05) is 17.7 Å². The lowest BCUT2D eigenvalue weighted by molar-refractivity contribution is -0.118. The van der Waals surface area contributed by atoms with Crippen LogP contribution in [0.3, 0.4) is 0 Å². The standard InChI is InChI=1S/C17H18N2O3/c1-11-3-8-15(12(2)9-11)19-16(20)10-22-14-6-4-13(5-7-14)17(18)21/h3-9H,10H2,1-2H3,(H2,18,21)(H,19,20). The number of aryl methyl sites for hydroxylation is 2. The highest BCUT2D eigenvalue weighted by Crippen LogP contribution is 2.16. The van der Waals surface area contributed by atoms with Crippen LogP contribution in [0.25, 0.3) is 0 Å². The van der Waals surface area contributed by atoms with E-state index in [1.54, 1.807) is 24.3 Å². The molecule has 0 aromatic heterocycles. The molecular formula is C17H18N2O3. The van der Waals surface area contributed by atoms with Gasteiger partial charge in [0.25, 0.3) is 5.91 Å². The molecule has 0 aliphatic rings. The van der Waals surface area contributed by atoms with Gasteiger partial charge >= 0.3 is 0 Å². The molecule has 0 atom stereocenters. The SMILES string of the molecule is Cc1ccc(NC(=O)COc2ccc(C(N)=O)cc2)c(C)c1. The van der Waals surface area contributed by atoms with E-state index in [0.29, 0.717) is 11.3 Å². The fraction of sp³-hybridized carbons (Fsp3) is 0.176. The van der Waals surface area contributed by atoms with Gasteiger partial charge in [0.2, 0.25) is 5.91 Å².